The van der Waals surface area contributed by atoms with Crippen molar-refractivity contribution in [2.75, 3.05) is 33.9 Å². The molecule has 0 amide bonds. The zero-order chi connectivity index (χ0) is 13.2. The normalized spacial score (nSPS) is 14.4. The Labute approximate surface area is 109 Å². The van der Waals surface area contributed by atoms with Crippen molar-refractivity contribution in [3.05, 3.63) is 35.9 Å². The van der Waals surface area contributed by atoms with Crippen molar-refractivity contribution < 1.29 is 9.47 Å². The summed E-state index contributed by atoms with van der Waals surface area (Å²) in [5.41, 5.74) is 7.34. The topological polar surface area (TPSA) is 56.5 Å². The summed E-state index contributed by atoms with van der Waals surface area (Å²) in [6.07, 6.45) is 0.967. The van der Waals surface area contributed by atoms with Gasteiger partial charge in [-0.3, -0.25) is 0 Å². The van der Waals surface area contributed by atoms with Gasteiger partial charge in [-0.2, -0.15) is 0 Å². The molecule has 0 radical (unpaired) electrons. The minimum absolute atomic E-state index is 0.0823. The molecule has 0 saturated carbocycles. The first-order chi connectivity index (χ1) is 8.76. The minimum Gasteiger partial charge on any atom is -0.382 e. The Kier molecular flexibility index (Phi) is 7.60. The van der Waals surface area contributed by atoms with Gasteiger partial charge in [0, 0.05) is 33.4 Å². The van der Waals surface area contributed by atoms with Crippen LogP contribution in [0.5, 0.6) is 0 Å². The van der Waals surface area contributed by atoms with E-state index in [1.807, 2.05) is 18.2 Å². The van der Waals surface area contributed by atoms with Gasteiger partial charge in [0.25, 0.3) is 0 Å². The van der Waals surface area contributed by atoms with Crippen molar-refractivity contribution in [2.24, 2.45) is 5.73 Å². The third-order valence-electron chi connectivity index (χ3n) is 2.81. The summed E-state index contributed by atoms with van der Waals surface area (Å²) in [4.78, 5) is 0. The lowest BCUT2D eigenvalue weighted by atomic mass is 10.1. The molecule has 0 aliphatic rings. The van der Waals surface area contributed by atoms with Crippen LogP contribution in [0.15, 0.2) is 30.3 Å². The molecule has 102 valence electrons. The summed E-state index contributed by atoms with van der Waals surface area (Å²) in [5, 5.41) is 3.31. The number of hydrogen-bond acceptors (Lipinski definition) is 4. The van der Waals surface area contributed by atoms with Crippen LogP contribution < -0.4 is 11.1 Å². The Morgan fingerprint density at radius 2 is 1.89 bits per heavy atom. The summed E-state index contributed by atoms with van der Waals surface area (Å²) in [5.74, 6) is 0. The van der Waals surface area contributed by atoms with Crippen molar-refractivity contribution >= 4 is 0 Å². The molecule has 0 fully saturated rings. The van der Waals surface area contributed by atoms with E-state index in [9.17, 15) is 0 Å². The molecule has 0 aliphatic heterocycles. The molecule has 1 rings (SSSR count). The lowest BCUT2D eigenvalue weighted by Gasteiger charge is -2.17. The second kappa shape index (κ2) is 9.05. The van der Waals surface area contributed by atoms with Crippen molar-refractivity contribution in [1.29, 1.82) is 0 Å². The molecule has 18 heavy (non-hydrogen) atoms. The largest absolute Gasteiger partial charge is 0.382 e. The average Bonchev–Trinajstić information content (AvgIpc) is 2.39. The zero-order valence-corrected chi connectivity index (χ0v) is 11.3. The zero-order valence-electron chi connectivity index (χ0n) is 11.3. The summed E-state index contributed by atoms with van der Waals surface area (Å²) in [6.45, 7) is 2.13. The molecule has 0 aromatic heterocycles. The predicted molar refractivity (Wildman–Crippen MR) is 73.7 cm³/mol. The fourth-order valence-corrected chi connectivity index (χ4v) is 1.81. The van der Waals surface area contributed by atoms with Gasteiger partial charge in [0.05, 0.1) is 12.7 Å². The van der Waals surface area contributed by atoms with Gasteiger partial charge in [0.2, 0.25) is 0 Å². The van der Waals surface area contributed by atoms with Crippen LogP contribution >= 0.6 is 0 Å². The fraction of sp³-hybridized carbons (Fsp3) is 0.571. The van der Waals surface area contributed by atoms with E-state index in [0.717, 1.165) is 19.5 Å². The van der Waals surface area contributed by atoms with E-state index in [1.165, 1.54) is 5.56 Å². The SMILES string of the molecule is COCC(CNCC(N)Cc1ccccc1)OC. The molecule has 4 nitrogen and oxygen atoms in total. The van der Waals surface area contributed by atoms with Gasteiger partial charge in [0.1, 0.15) is 0 Å². The molecule has 1 aromatic rings. The van der Waals surface area contributed by atoms with Crippen LogP contribution in [0.25, 0.3) is 0 Å². The number of methoxy groups -OCH3 is 2. The van der Waals surface area contributed by atoms with Crippen LogP contribution in [0.3, 0.4) is 0 Å². The Morgan fingerprint density at radius 3 is 2.50 bits per heavy atom. The van der Waals surface area contributed by atoms with Crippen LogP contribution in [0.1, 0.15) is 5.56 Å². The van der Waals surface area contributed by atoms with E-state index < -0.39 is 0 Å². The Morgan fingerprint density at radius 1 is 1.17 bits per heavy atom. The molecule has 2 unspecified atom stereocenters. The van der Waals surface area contributed by atoms with Crippen molar-refractivity contribution in [2.45, 2.75) is 18.6 Å². The Hall–Kier alpha value is -0.940. The molecule has 0 saturated heterocycles. The highest BCUT2D eigenvalue weighted by atomic mass is 16.5. The van der Waals surface area contributed by atoms with E-state index in [2.05, 4.69) is 17.4 Å². The molecule has 0 heterocycles. The van der Waals surface area contributed by atoms with Gasteiger partial charge in [-0.05, 0) is 12.0 Å². The van der Waals surface area contributed by atoms with Crippen molar-refractivity contribution in [3.8, 4) is 0 Å². The molecule has 0 bridgehead atoms. The number of ether oxygens (including phenoxy) is 2. The average molecular weight is 252 g/mol. The van der Waals surface area contributed by atoms with E-state index in [4.69, 9.17) is 15.2 Å². The lowest BCUT2D eigenvalue weighted by Crippen LogP contribution is -2.40. The second-order valence-corrected chi connectivity index (χ2v) is 4.42. The standard InChI is InChI=1S/C14H24N2O2/c1-17-11-14(18-2)10-16-9-13(15)8-12-6-4-3-5-7-12/h3-7,13-14,16H,8-11,15H2,1-2H3. The molecule has 1 aromatic carbocycles. The van der Waals surface area contributed by atoms with E-state index in [0.29, 0.717) is 6.61 Å². The van der Waals surface area contributed by atoms with Crippen molar-refractivity contribution in [1.82, 2.24) is 5.32 Å². The third-order valence-corrected chi connectivity index (χ3v) is 2.81. The molecule has 3 N–H and O–H groups in total. The first kappa shape index (κ1) is 15.1. The minimum atomic E-state index is 0.0823. The van der Waals surface area contributed by atoms with Crippen molar-refractivity contribution in [3.63, 3.8) is 0 Å². The summed E-state index contributed by atoms with van der Waals surface area (Å²) in [7, 11) is 3.36. The number of nitrogens with one attached hydrogen (secondary N) is 1. The lowest BCUT2D eigenvalue weighted by molar-refractivity contribution is 0.0289. The fourth-order valence-electron chi connectivity index (χ4n) is 1.81. The van der Waals surface area contributed by atoms with Gasteiger partial charge in [0.15, 0.2) is 0 Å². The summed E-state index contributed by atoms with van der Waals surface area (Å²) in [6, 6.07) is 10.4. The molecule has 2 atom stereocenters. The predicted octanol–water partition coefficient (Wildman–Crippen LogP) is 0.807. The van der Waals surface area contributed by atoms with Gasteiger partial charge in [-0.1, -0.05) is 30.3 Å². The smallest absolute Gasteiger partial charge is 0.0928 e. The molecule has 0 aliphatic carbocycles. The van der Waals surface area contributed by atoms with Crippen LogP contribution in [-0.4, -0.2) is 46.1 Å². The highest BCUT2D eigenvalue weighted by Crippen LogP contribution is 2.01. The van der Waals surface area contributed by atoms with E-state index in [1.54, 1.807) is 14.2 Å². The molecule has 4 heteroatoms. The molecule has 0 spiro atoms. The molecular weight excluding hydrogens is 228 g/mol. The van der Waals surface area contributed by atoms with Gasteiger partial charge in [-0.25, -0.2) is 0 Å². The Balaban J connectivity index is 2.19. The number of benzene rings is 1. The van der Waals surface area contributed by atoms with Crippen LogP contribution in [-0.2, 0) is 15.9 Å². The molecular formula is C14H24N2O2. The maximum absolute atomic E-state index is 6.07. The highest BCUT2D eigenvalue weighted by molar-refractivity contribution is 5.15. The van der Waals surface area contributed by atoms with Crippen LogP contribution in [0.2, 0.25) is 0 Å². The van der Waals surface area contributed by atoms with Crippen LogP contribution in [0, 0.1) is 0 Å². The van der Waals surface area contributed by atoms with Gasteiger partial charge < -0.3 is 20.5 Å². The second-order valence-electron chi connectivity index (χ2n) is 4.42. The first-order valence-corrected chi connectivity index (χ1v) is 6.28. The summed E-state index contributed by atoms with van der Waals surface area (Å²) < 4.78 is 10.3. The quantitative estimate of drug-likeness (QED) is 0.683. The van der Waals surface area contributed by atoms with Crippen LogP contribution in [0.4, 0.5) is 0 Å². The number of nitrogens with two attached hydrogens (primary N) is 1. The number of rotatable bonds is 9. The van der Waals surface area contributed by atoms with Gasteiger partial charge in [-0.15, -0.1) is 0 Å². The highest BCUT2D eigenvalue weighted by Gasteiger charge is 2.08. The maximum Gasteiger partial charge on any atom is 0.0928 e. The number of hydrogen-bond donors (Lipinski definition) is 2. The maximum atomic E-state index is 6.07. The summed E-state index contributed by atoms with van der Waals surface area (Å²) >= 11 is 0. The monoisotopic (exact) mass is 252 g/mol. The van der Waals surface area contributed by atoms with E-state index >= 15 is 0 Å². The first-order valence-electron chi connectivity index (χ1n) is 6.28. The van der Waals surface area contributed by atoms with Gasteiger partial charge >= 0.3 is 0 Å². The Bertz CT molecular complexity index is 306. The third kappa shape index (κ3) is 6.12. The van der Waals surface area contributed by atoms with E-state index in [-0.39, 0.29) is 12.1 Å².